The number of methoxy groups -OCH3 is 2. The highest BCUT2D eigenvalue weighted by Crippen LogP contribution is 2.46. The molecule has 1 aromatic heterocycles. The number of likely N-dealkylation sites (tertiary alicyclic amines) is 1. The highest BCUT2D eigenvalue weighted by atomic mass is 35.5. The minimum absolute atomic E-state index is 0.0501. The van der Waals surface area contributed by atoms with Crippen LogP contribution in [0.3, 0.4) is 0 Å². The number of carboxylic acids is 1. The van der Waals surface area contributed by atoms with Crippen molar-refractivity contribution in [1.29, 1.82) is 0 Å². The molecule has 13 heteroatoms. The van der Waals surface area contributed by atoms with Crippen molar-refractivity contribution in [2.24, 2.45) is 5.92 Å². The third-order valence-electron chi connectivity index (χ3n) is 11.6. The summed E-state index contributed by atoms with van der Waals surface area (Å²) in [5.41, 5.74) is 3.86. The zero-order valence-electron chi connectivity index (χ0n) is 31.6. The standard InChI is InChI=1S/C43H45ClF3N3O6/c1-42(41(52)53)17-6-18-50(42)24-28-20-35(43(45,46)47)40(49-39(28)55-3)56-36-16-15-32-31(8-5-9-33(32)36)34-10-4-7-30(38(34)44)26-12-13-27(37(21-26)54-2)23-48-22-25-11-14-29(51)19-25/h4-5,7-10,12-13,20-21,25,36,48H,6,11,14-19,22-24H2,1-3H3,(H,52,53)/t25-,36+,42+/m1/s1. The lowest BCUT2D eigenvalue weighted by Crippen LogP contribution is -2.47. The van der Waals surface area contributed by atoms with Crippen LogP contribution >= 0.6 is 11.6 Å². The molecule has 3 aliphatic rings. The number of ether oxygens (including phenoxy) is 3. The van der Waals surface area contributed by atoms with Crippen molar-refractivity contribution in [1.82, 2.24) is 15.2 Å². The zero-order chi connectivity index (χ0) is 39.8. The number of hydrogen-bond donors (Lipinski definition) is 2. The van der Waals surface area contributed by atoms with Crippen LogP contribution in [-0.2, 0) is 35.3 Å². The number of benzene rings is 3. The average Bonchev–Trinajstić information content (AvgIpc) is 3.90. The van der Waals surface area contributed by atoms with E-state index in [1.54, 1.807) is 18.9 Å². The van der Waals surface area contributed by atoms with Crippen LogP contribution in [0.25, 0.3) is 22.3 Å². The molecular formula is C43H45ClF3N3O6. The van der Waals surface area contributed by atoms with Gasteiger partial charge in [0.1, 0.15) is 28.7 Å². The largest absolute Gasteiger partial charge is 0.496 e. The minimum atomic E-state index is -4.80. The lowest BCUT2D eigenvalue weighted by atomic mass is 9.93. The van der Waals surface area contributed by atoms with Crippen LogP contribution in [0.5, 0.6) is 17.5 Å². The average molecular weight is 792 g/mol. The molecule has 0 radical (unpaired) electrons. The van der Waals surface area contributed by atoms with Crippen molar-refractivity contribution in [3.8, 4) is 39.8 Å². The van der Waals surface area contributed by atoms with E-state index in [0.717, 1.165) is 58.0 Å². The number of carbonyl (C=O) groups is 2. The van der Waals surface area contributed by atoms with Gasteiger partial charge in [0.25, 0.3) is 0 Å². The monoisotopic (exact) mass is 791 g/mol. The molecule has 9 nitrogen and oxygen atoms in total. The van der Waals surface area contributed by atoms with Gasteiger partial charge in [-0.3, -0.25) is 14.5 Å². The van der Waals surface area contributed by atoms with Gasteiger partial charge in [0.15, 0.2) is 0 Å². The fourth-order valence-electron chi connectivity index (χ4n) is 8.45. The molecule has 2 fully saturated rings. The van der Waals surface area contributed by atoms with Crippen molar-refractivity contribution >= 4 is 23.4 Å². The number of alkyl halides is 3. The number of carbonyl (C=O) groups excluding carboxylic acids is 1. The van der Waals surface area contributed by atoms with Gasteiger partial charge in [-0.15, -0.1) is 0 Å². The molecule has 2 heterocycles. The van der Waals surface area contributed by atoms with Crippen molar-refractivity contribution in [2.75, 3.05) is 27.3 Å². The molecule has 1 aliphatic heterocycles. The highest BCUT2D eigenvalue weighted by Gasteiger charge is 2.44. The maximum Gasteiger partial charge on any atom is 0.421 e. The normalized spacial score (nSPS) is 21.0. The maximum atomic E-state index is 14.6. The van der Waals surface area contributed by atoms with Crippen LogP contribution in [0.4, 0.5) is 13.2 Å². The van der Waals surface area contributed by atoms with Crippen molar-refractivity contribution in [2.45, 2.75) is 82.8 Å². The minimum Gasteiger partial charge on any atom is -0.496 e. The lowest BCUT2D eigenvalue weighted by Gasteiger charge is -2.31. The number of nitrogens with zero attached hydrogens (tertiary/aromatic N) is 2. The molecule has 3 aromatic carbocycles. The molecule has 0 unspecified atom stereocenters. The second kappa shape index (κ2) is 16.1. The summed E-state index contributed by atoms with van der Waals surface area (Å²) in [6.07, 6.45) is -1.35. The van der Waals surface area contributed by atoms with E-state index >= 15 is 0 Å². The van der Waals surface area contributed by atoms with Gasteiger partial charge in [-0.25, -0.2) is 0 Å². The first-order valence-electron chi connectivity index (χ1n) is 18.9. The first-order valence-corrected chi connectivity index (χ1v) is 19.3. The van der Waals surface area contributed by atoms with E-state index in [-0.39, 0.29) is 18.0 Å². The fourth-order valence-corrected chi connectivity index (χ4v) is 8.79. The third kappa shape index (κ3) is 7.83. The molecule has 1 saturated heterocycles. The van der Waals surface area contributed by atoms with Gasteiger partial charge in [0, 0.05) is 48.2 Å². The summed E-state index contributed by atoms with van der Waals surface area (Å²) in [5, 5.41) is 13.9. The van der Waals surface area contributed by atoms with Gasteiger partial charge in [0.05, 0.1) is 19.2 Å². The Morgan fingerprint density at radius 1 is 1.00 bits per heavy atom. The van der Waals surface area contributed by atoms with E-state index in [4.69, 9.17) is 25.8 Å². The van der Waals surface area contributed by atoms with Gasteiger partial charge in [0.2, 0.25) is 11.8 Å². The van der Waals surface area contributed by atoms with Crippen LogP contribution in [0.2, 0.25) is 5.02 Å². The Morgan fingerprint density at radius 3 is 2.48 bits per heavy atom. The van der Waals surface area contributed by atoms with Gasteiger partial charge in [-0.05, 0) is 92.4 Å². The second-order valence-electron chi connectivity index (χ2n) is 15.1. The third-order valence-corrected chi connectivity index (χ3v) is 12.0. The molecule has 0 bridgehead atoms. The summed E-state index contributed by atoms with van der Waals surface area (Å²) in [7, 11) is 2.95. The number of nitrogens with one attached hydrogen (secondary N) is 1. The summed E-state index contributed by atoms with van der Waals surface area (Å²) in [5.74, 6) is -0.265. The molecular weight excluding hydrogens is 747 g/mol. The number of hydrogen-bond acceptors (Lipinski definition) is 8. The van der Waals surface area contributed by atoms with E-state index < -0.39 is 35.2 Å². The Morgan fingerprint density at radius 2 is 1.77 bits per heavy atom. The van der Waals surface area contributed by atoms with E-state index in [1.807, 2.05) is 54.6 Å². The summed E-state index contributed by atoms with van der Waals surface area (Å²) < 4.78 is 61.2. The van der Waals surface area contributed by atoms with E-state index in [1.165, 1.54) is 7.11 Å². The Kier molecular flexibility index (Phi) is 11.4. The van der Waals surface area contributed by atoms with E-state index in [9.17, 15) is 27.9 Å². The van der Waals surface area contributed by atoms with Crippen LogP contribution in [0.1, 0.15) is 79.4 Å². The Balaban J connectivity index is 1.14. The number of pyridine rings is 1. The Bertz CT molecular complexity index is 2140. The topological polar surface area (TPSA) is 110 Å². The number of carboxylic acid groups (broad SMARTS) is 1. The number of halogens is 4. The van der Waals surface area contributed by atoms with Crippen molar-refractivity contribution in [3.05, 3.63) is 93.5 Å². The predicted octanol–water partition coefficient (Wildman–Crippen LogP) is 9.07. The van der Waals surface area contributed by atoms with Gasteiger partial charge in [-0.2, -0.15) is 18.2 Å². The van der Waals surface area contributed by atoms with E-state index in [2.05, 4.69) is 10.3 Å². The molecule has 2 N–H and O–H groups in total. The molecule has 0 spiro atoms. The van der Waals surface area contributed by atoms with Crippen LogP contribution in [-0.4, -0.2) is 59.6 Å². The molecule has 296 valence electrons. The molecule has 56 heavy (non-hydrogen) atoms. The van der Waals surface area contributed by atoms with Crippen molar-refractivity contribution in [3.63, 3.8) is 0 Å². The Labute approximate surface area is 329 Å². The fraction of sp³-hybridized carbons (Fsp3) is 0.419. The van der Waals surface area contributed by atoms with Crippen molar-refractivity contribution < 1.29 is 42.1 Å². The molecule has 7 rings (SSSR count). The van der Waals surface area contributed by atoms with Gasteiger partial charge < -0.3 is 24.6 Å². The lowest BCUT2D eigenvalue weighted by molar-refractivity contribution is -0.149. The number of ketones is 1. The van der Waals surface area contributed by atoms with Crippen LogP contribution < -0.4 is 19.5 Å². The van der Waals surface area contributed by atoms with Crippen LogP contribution in [0, 0.1) is 5.92 Å². The number of Topliss-reactive ketones (excluding diaryl/α,β-unsaturated/α-hetero) is 1. The summed E-state index contributed by atoms with van der Waals surface area (Å²) in [4.78, 5) is 29.6. The summed E-state index contributed by atoms with van der Waals surface area (Å²) >= 11 is 7.17. The number of aliphatic carboxylic acids is 1. The summed E-state index contributed by atoms with van der Waals surface area (Å²) in [6.45, 7) is 3.30. The SMILES string of the molecule is COc1cc(-c2cccc(-c3cccc4c3CC[C@@H]4Oc3nc(OC)c(CN4CCC[C@@]4(C)C(=O)O)cc3C(F)(F)F)c2Cl)ccc1CNC[C@@H]1CCC(=O)C1. The second-order valence-corrected chi connectivity index (χ2v) is 15.5. The highest BCUT2D eigenvalue weighted by molar-refractivity contribution is 6.36. The maximum absolute atomic E-state index is 14.6. The molecule has 0 amide bonds. The van der Waals surface area contributed by atoms with Crippen LogP contribution in [0.15, 0.2) is 60.7 Å². The first kappa shape index (κ1) is 39.6. The number of fused-ring (bicyclic) bond motifs is 1. The molecule has 3 atom stereocenters. The molecule has 1 saturated carbocycles. The quantitative estimate of drug-likeness (QED) is 0.137. The Hall–Kier alpha value is -4.65. The molecule has 2 aliphatic carbocycles. The molecule has 4 aromatic rings. The van der Waals surface area contributed by atoms with Gasteiger partial charge in [-0.1, -0.05) is 60.1 Å². The zero-order valence-corrected chi connectivity index (χ0v) is 32.4. The number of rotatable bonds is 13. The van der Waals surface area contributed by atoms with E-state index in [0.29, 0.717) is 74.1 Å². The smallest absolute Gasteiger partial charge is 0.421 e. The first-order chi connectivity index (χ1) is 26.8. The number of aromatic nitrogens is 1. The van der Waals surface area contributed by atoms with Gasteiger partial charge >= 0.3 is 12.1 Å². The predicted molar refractivity (Wildman–Crippen MR) is 206 cm³/mol. The summed E-state index contributed by atoms with van der Waals surface area (Å²) in [6, 6.07) is 18.4.